The van der Waals surface area contributed by atoms with Crippen LogP contribution in [-0.4, -0.2) is 0 Å². The van der Waals surface area contributed by atoms with Gasteiger partial charge in [-0.15, -0.1) is 11.3 Å². The highest BCUT2D eigenvalue weighted by molar-refractivity contribution is 7.25. The molecular formula is C54H37NS. The fourth-order valence-electron chi connectivity index (χ4n) is 8.02. The van der Waals surface area contributed by atoms with Crippen molar-refractivity contribution in [2.24, 2.45) is 0 Å². The standard InChI is InChI=1S/C54H37NS/c1-4-15-38(16-5-1)39-27-32-44(33-28-39)55(45-34-29-42(30-35-45)48-24-14-26-53-54(48)49-23-12-13-25-52(49)56-53)51-36-31-43(37-50(51)41-19-8-3-9-20-41)47-22-11-10-21-46(47)40-17-6-2-7-18-40/h1-37H. The number of anilines is 3. The van der Waals surface area contributed by atoms with Gasteiger partial charge in [0.25, 0.3) is 0 Å². The molecule has 0 fully saturated rings. The number of rotatable bonds is 8. The molecule has 0 aliphatic carbocycles. The van der Waals surface area contributed by atoms with Gasteiger partial charge in [-0.2, -0.15) is 0 Å². The van der Waals surface area contributed by atoms with E-state index in [1.807, 2.05) is 11.3 Å². The lowest BCUT2D eigenvalue weighted by Gasteiger charge is -2.29. The average Bonchev–Trinajstić information content (AvgIpc) is 3.67. The Bertz CT molecular complexity index is 2930. The smallest absolute Gasteiger partial charge is 0.0540 e. The Labute approximate surface area is 332 Å². The number of hydrogen-bond acceptors (Lipinski definition) is 2. The third-order valence-electron chi connectivity index (χ3n) is 10.7. The molecule has 0 amide bonds. The summed E-state index contributed by atoms with van der Waals surface area (Å²) in [7, 11) is 0. The summed E-state index contributed by atoms with van der Waals surface area (Å²) in [5.74, 6) is 0. The van der Waals surface area contributed by atoms with E-state index < -0.39 is 0 Å². The van der Waals surface area contributed by atoms with Crippen LogP contribution in [0.3, 0.4) is 0 Å². The monoisotopic (exact) mass is 731 g/mol. The molecule has 10 rings (SSSR count). The molecule has 0 unspecified atom stereocenters. The summed E-state index contributed by atoms with van der Waals surface area (Å²) in [6.07, 6.45) is 0. The highest BCUT2D eigenvalue weighted by atomic mass is 32.1. The van der Waals surface area contributed by atoms with Gasteiger partial charge in [-0.25, -0.2) is 0 Å². The summed E-state index contributed by atoms with van der Waals surface area (Å²) in [5, 5.41) is 2.64. The van der Waals surface area contributed by atoms with Gasteiger partial charge < -0.3 is 4.90 Å². The zero-order valence-electron chi connectivity index (χ0n) is 30.7. The highest BCUT2D eigenvalue weighted by Gasteiger charge is 2.20. The van der Waals surface area contributed by atoms with Crippen LogP contribution in [0.4, 0.5) is 17.1 Å². The SMILES string of the molecule is c1ccc(-c2ccc(N(c3ccc(-c4cccc5sc6ccccc6c45)cc3)c3ccc(-c4ccccc4-c4ccccc4)cc3-c3ccccc3)cc2)cc1. The topological polar surface area (TPSA) is 3.24 Å². The summed E-state index contributed by atoms with van der Waals surface area (Å²) in [6, 6.07) is 81.3. The predicted octanol–water partition coefficient (Wildman–Crippen LogP) is 15.9. The predicted molar refractivity (Wildman–Crippen MR) is 241 cm³/mol. The van der Waals surface area contributed by atoms with Gasteiger partial charge in [0.1, 0.15) is 0 Å². The average molecular weight is 732 g/mol. The second-order valence-electron chi connectivity index (χ2n) is 14.1. The van der Waals surface area contributed by atoms with Gasteiger partial charge in [-0.05, 0) is 98.6 Å². The quantitative estimate of drug-likeness (QED) is 0.150. The molecule has 0 radical (unpaired) electrons. The Morgan fingerprint density at radius 2 is 0.732 bits per heavy atom. The molecule has 9 aromatic carbocycles. The molecule has 0 N–H and O–H groups in total. The molecule has 0 saturated heterocycles. The summed E-state index contributed by atoms with van der Waals surface area (Å²) in [4.78, 5) is 2.41. The van der Waals surface area contributed by atoms with E-state index in [9.17, 15) is 0 Å². The molecule has 0 spiro atoms. The van der Waals surface area contributed by atoms with Gasteiger partial charge in [-0.1, -0.05) is 176 Å². The Morgan fingerprint density at radius 1 is 0.286 bits per heavy atom. The van der Waals surface area contributed by atoms with Crippen LogP contribution in [0, 0.1) is 0 Å². The molecule has 0 bridgehead atoms. The van der Waals surface area contributed by atoms with Crippen molar-refractivity contribution in [2.75, 3.05) is 4.90 Å². The minimum Gasteiger partial charge on any atom is -0.310 e. The Morgan fingerprint density at radius 3 is 1.39 bits per heavy atom. The van der Waals surface area contributed by atoms with Crippen molar-refractivity contribution in [1.29, 1.82) is 0 Å². The molecule has 0 aliphatic rings. The first-order valence-electron chi connectivity index (χ1n) is 19.1. The third kappa shape index (κ3) is 6.26. The zero-order chi connectivity index (χ0) is 37.3. The first kappa shape index (κ1) is 33.6. The molecule has 10 aromatic rings. The van der Waals surface area contributed by atoms with Crippen molar-refractivity contribution >= 4 is 48.6 Å². The van der Waals surface area contributed by atoms with Crippen LogP contribution in [0.1, 0.15) is 0 Å². The van der Waals surface area contributed by atoms with E-state index in [1.165, 1.54) is 70.2 Å². The van der Waals surface area contributed by atoms with Crippen molar-refractivity contribution in [2.45, 2.75) is 0 Å². The van der Waals surface area contributed by atoms with Crippen LogP contribution >= 0.6 is 11.3 Å². The molecular weight excluding hydrogens is 695 g/mol. The van der Waals surface area contributed by atoms with E-state index in [0.717, 1.165) is 22.6 Å². The molecule has 0 aliphatic heterocycles. The third-order valence-corrected chi connectivity index (χ3v) is 11.9. The van der Waals surface area contributed by atoms with Crippen LogP contribution < -0.4 is 4.90 Å². The van der Waals surface area contributed by atoms with Gasteiger partial charge in [-0.3, -0.25) is 0 Å². The number of thiophene rings is 1. The van der Waals surface area contributed by atoms with Crippen LogP contribution in [-0.2, 0) is 0 Å². The van der Waals surface area contributed by atoms with Crippen LogP contribution in [0.15, 0.2) is 224 Å². The van der Waals surface area contributed by atoms with Crippen LogP contribution in [0.25, 0.3) is 75.8 Å². The zero-order valence-corrected chi connectivity index (χ0v) is 31.5. The van der Waals surface area contributed by atoms with E-state index in [4.69, 9.17) is 0 Å². The lowest BCUT2D eigenvalue weighted by molar-refractivity contribution is 1.28. The maximum Gasteiger partial charge on any atom is 0.0540 e. The summed E-state index contributed by atoms with van der Waals surface area (Å²) in [5.41, 5.74) is 15.3. The lowest BCUT2D eigenvalue weighted by atomic mass is 9.91. The molecule has 0 saturated carbocycles. The van der Waals surface area contributed by atoms with Gasteiger partial charge in [0, 0.05) is 37.1 Å². The first-order valence-corrected chi connectivity index (χ1v) is 19.9. The summed E-state index contributed by atoms with van der Waals surface area (Å²) < 4.78 is 2.63. The summed E-state index contributed by atoms with van der Waals surface area (Å²) >= 11 is 1.86. The van der Waals surface area contributed by atoms with Gasteiger partial charge >= 0.3 is 0 Å². The minimum absolute atomic E-state index is 1.10. The Balaban J connectivity index is 1.14. The maximum atomic E-state index is 2.41. The number of benzene rings is 9. The van der Waals surface area contributed by atoms with Gasteiger partial charge in [0.15, 0.2) is 0 Å². The molecule has 1 aromatic heterocycles. The minimum atomic E-state index is 1.10. The van der Waals surface area contributed by atoms with Gasteiger partial charge in [0.2, 0.25) is 0 Å². The van der Waals surface area contributed by atoms with Crippen LogP contribution in [0.2, 0.25) is 0 Å². The molecule has 1 heterocycles. The van der Waals surface area contributed by atoms with E-state index in [1.54, 1.807) is 0 Å². The molecule has 56 heavy (non-hydrogen) atoms. The lowest BCUT2D eigenvalue weighted by Crippen LogP contribution is -2.11. The Kier molecular flexibility index (Phi) is 8.79. The van der Waals surface area contributed by atoms with E-state index >= 15 is 0 Å². The molecule has 1 nitrogen and oxygen atoms in total. The van der Waals surface area contributed by atoms with E-state index in [2.05, 4.69) is 229 Å². The normalized spacial score (nSPS) is 11.2. The number of fused-ring (bicyclic) bond motifs is 3. The second kappa shape index (κ2) is 14.7. The molecule has 2 heteroatoms. The highest BCUT2D eigenvalue weighted by Crippen LogP contribution is 2.45. The molecule has 264 valence electrons. The molecule has 0 atom stereocenters. The Hall–Kier alpha value is -7.00. The number of hydrogen-bond donors (Lipinski definition) is 0. The summed E-state index contributed by atoms with van der Waals surface area (Å²) in [6.45, 7) is 0. The largest absolute Gasteiger partial charge is 0.310 e. The van der Waals surface area contributed by atoms with E-state index in [0.29, 0.717) is 0 Å². The number of nitrogens with zero attached hydrogens (tertiary/aromatic N) is 1. The van der Waals surface area contributed by atoms with E-state index in [-0.39, 0.29) is 0 Å². The fourth-order valence-corrected chi connectivity index (χ4v) is 9.15. The second-order valence-corrected chi connectivity index (χ2v) is 15.2. The van der Waals surface area contributed by atoms with Crippen molar-refractivity contribution < 1.29 is 0 Å². The van der Waals surface area contributed by atoms with Crippen molar-refractivity contribution in [3.63, 3.8) is 0 Å². The van der Waals surface area contributed by atoms with Crippen molar-refractivity contribution in [1.82, 2.24) is 0 Å². The first-order chi connectivity index (χ1) is 27.8. The van der Waals surface area contributed by atoms with Crippen molar-refractivity contribution in [3.8, 4) is 55.6 Å². The maximum absolute atomic E-state index is 2.41. The van der Waals surface area contributed by atoms with Crippen molar-refractivity contribution in [3.05, 3.63) is 224 Å². The fraction of sp³-hybridized carbons (Fsp3) is 0. The van der Waals surface area contributed by atoms with Crippen LogP contribution in [0.5, 0.6) is 0 Å². The van der Waals surface area contributed by atoms with Gasteiger partial charge in [0.05, 0.1) is 5.69 Å².